The highest BCUT2D eigenvalue weighted by atomic mass is 35.5. The molecule has 0 unspecified atom stereocenters. The molecule has 0 spiro atoms. The normalized spacial score (nSPS) is 10.3. The van der Waals surface area contributed by atoms with Gasteiger partial charge >= 0.3 is 5.97 Å². The van der Waals surface area contributed by atoms with Gasteiger partial charge in [0.1, 0.15) is 18.2 Å². The van der Waals surface area contributed by atoms with Gasteiger partial charge in [0.05, 0.1) is 5.56 Å². The van der Waals surface area contributed by atoms with Crippen LogP contribution in [0.3, 0.4) is 0 Å². The van der Waals surface area contributed by atoms with Crippen LogP contribution < -0.4 is 4.74 Å². The molecule has 0 bridgehead atoms. The van der Waals surface area contributed by atoms with Crippen LogP contribution >= 0.6 is 11.6 Å². The second-order valence-electron chi connectivity index (χ2n) is 4.28. The summed E-state index contributed by atoms with van der Waals surface area (Å²) in [5.74, 6) is -1.54. The summed E-state index contributed by atoms with van der Waals surface area (Å²) in [6.07, 6.45) is 0. The number of rotatable bonds is 4. The number of hydrogen-bond donors (Lipinski definition) is 1. The lowest BCUT2D eigenvalue weighted by atomic mass is 10.1. The molecule has 2 aromatic rings. The summed E-state index contributed by atoms with van der Waals surface area (Å²) >= 11 is 5.86. The van der Waals surface area contributed by atoms with Gasteiger partial charge in [-0.1, -0.05) is 29.8 Å². The molecule has 0 saturated heterocycles. The van der Waals surface area contributed by atoms with Crippen LogP contribution in [0.15, 0.2) is 36.4 Å². The van der Waals surface area contributed by atoms with Crippen LogP contribution in [-0.4, -0.2) is 11.1 Å². The summed E-state index contributed by atoms with van der Waals surface area (Å²) in [6.45, 7) is 1.78. The van der Waals surface area contributed by atoms with E-state index in [1.807, 2.05) is 6.92 Å². The van der Waals surface area contributed by atoms with Crippen molar-refractivity contribution in [2.75, 3.05) is 0 Å². The molecule has 0 saturated carbocycles. The van der Waals surface area contributed by atoms with Crippen molar-refractivity contribution in [1.29, 1.82) is 0 Å². The van der Waals surface area contributed by atoms with Crippen LogP contribution in [0.25, 0.3) is 0 Å². The number of carboxylic acids is 1. The van der Waals surface area contributed by atoms with E-state index in [0.29, 0.717) is 10.8 Å². The summed E-state index contributed by atoms with van der Waals surface area (Å²) in [7, 11) is 0. The summed E-state index contributed by atoms with van der Waals surface area (Å²) in [5, 5.41) is 9.38. The average molecular weight is 295 g/mol. The Labute approximate surface area is 120 Å². The number of aryl methyl sites for hydroxylation is 1. The second-order valence-corrected chi connectivity index (χ2v) is 4.72. The van der Waals surface area contributed by atoms with E-state index in [0.717, 1.165) is 5.56 Å². The second kappa shape index (κ2) is 5.92. The van der Waals surface area contributed by atoms with Gasteiger partial charge in [-0.15, -0.1) is 0 Å². The molecule has 0 aliphatic carbocycles. The van der Waals surface area contributed by atoms with Crippen LogP contribution in [0.1, 0.15) is 21.5 Å². The molecule has 0 radical (unpaired) electrons. The Morgan fingerprint density at radius 2 is 2.10 bits per heavy atom. The minimum absolute atomic E-state index is 0.0614. The third-order valence-electron chi connectivity index (χ3n) is 2.84. The van der Waals surface area contributed by atoms with Gasteiger partial charge < -0.3 is 9.84 Å². The van der Waals surface area contributed by atoms with E-state index in [4.69, 9.17) is 21.4 Å². The third kappa shape index (κ3) is 3.08. The summed E-state index contributed by atoms with van der Waals surface area (Å²) in [5.41, 5.74) is 0.683. The number of aromatic carboxylic acids is 1. The Bertz CT molecular complexity index is 656. The van der Waals surface area contributed by atoms with Crippen LogP contribution in [0, 0.1) is 12.7 Å². The predicted octanol–water partition coefficient (Wildman–Crippen LogP) is 4.06. The molecular formula is C15H12ClFO3. The molecular weight excluding hydrogens is 283 g/mol. The molecule has 20 heavy (non-hydrogen) atoms. The molecule has 0 amide bonds. The Hall–Kier alpha value is -2.07. The van der Waals surface area contributed by atoms with Crippen molar-refractivity contribution in [2.24, 2.45) is 0 Å². The molecule has 3 nitrogen and oxygen atoms in total. The van der Waals surface area contributed by atoms with Gasteiger partial charge in [-0.05, 0) is 30.7 Å². The number of halogens is 2. The molecule has 0 aliphatic heterocycles. The van der Waals surface area contributed by atoms with Crippen LogP contribution in [-0.2, 0) is 6.61 Å². The van der Waals surface area contributed by atoms with Crippen molar-refractivity contribution in [3.63, 3.8) is 0 Å². The average Bonchev–Trinajstić information content (AvgIpc) is 2.41. The zero-order chi connectivity index (χ0) is 14.7. The van der Waals surface area contributed by atoms with Crippen molar-refractivity contribution in [1.82, 2.24) is 0 Å². The maximum absolute atomic E-state index is 13.9. The van der Waals surface area contributed by atoms with Gasteiger partial charge in [0.25, 0.3) is 0 Å². The number of ether oxygens (including phenoxy) is 1. The highest BCUT2D eigenvalue weighted by molar-refractivity contribution is 6.30. The van der Waals surface area contributed by atoms with Crippen LogP contribution in [0.2, 0.25) is 5.02 Å². The van der Waals surface area contributed by atoms with Crippen LogP contribution in [0.4, 0.5) is 4.39 Å². The van der Waals surface area contributed by atoms with Gasteiger partial charge in [-0.25, -0.2) is 9.18 Å². The Morgan fingerprint density at radius 3 is 2.80 bits per heavy atom. The predicted molar refractivity (Wildman–Crippen MR) is 73.9 cm³/mol. The molecule has 2 aromatic carbocycles. The third-order valence-corrected chi connectivity index (χ3v) is 3.08. The molecule has 2 rings (SSSR count). The van der Waals surface area contributed by atoms with Crippen molar-refractivity contribution < 1.29 is 19.0 Å². The topological polar surface area (TPSA) is 46.5 Å². The van der Waals surface area contributed by atoms with Gasteiger partial charge in [0, 0.05) is 10.6 Å². The molecule has 1 N–H and O–H groups in total. The summed E-state index contributed by atoms with van der Waals surface area (Å²) in [6, 6.07) is 9.34. The molecule has 0 aliphatic rings. The number of carbonyl (C=O) groups is 1. The fourth-order valence-electron chi connectivity index (χ4n) is 1.74. The molecule has 0 fully saturated rings. The molecule has 0 heterocycles. The van der Waals surface area contributed by atoms with Gasteiger partial charge in [-0.2, -0.15) is 0 Å². The first-order valence-corrected chi connectivity index (χ1v) is 6.26. The Kier molecular flexibility index (Phi) is 4.25. The number of carboxylic acid groups (broad SMARTS) is 1. The minimum Gasteiger partial charge on any atom is -0.488 e. The Balaban J connectivity index is 2.21. The van der Waals surface area contributed by atoms with Crippen molar-refractivity contribution in [3.8, 4) is 5.75 Å². The van der Waals surface area contributed by atoms with E-state index in [9.17, 15) is 9.18 Å². The van der Waals surface area contributed by atoms with Gasteiger partial charge in [-0.3, -0.25) is 0 Å². The zero-order valence-electron chi connectivity index (χ0n) is 10.7. The van der Waals surface area contributed by atoms with E-state index < -0.39 is 11.8 Å². The zero-order valence-corrected chi connectivity index (χ0v) is 11.4. The van der Waals surface area contributed by atoms with E-state index in [1.165, 1.54) is 18.2 Å². The van der Waals surface area contributed by atoms with E-state index in [2.05, 4.69) is 0 Å². The van der Waals surface area contributed by atoms with E-state index >= 15 is 0 Å². The van der Waals surface area contributed by atoms with Crippen molar-refractivity contribution >= 4 is 17.6 Å². The first-order chi connectivity index (χ1) is 9.49. The lowest BCUT2D eigenvalue weighted by molar-refractivity contribution is 0.0691. The fraction of sp³-hybridized carbons (Fsp3) is 0.133. The largest absolute Gasteiger partial charge is 0.488 e. The number of benzene rings is 2. The number of hydrogen-bond acceptors (Lipinski definition) is 2. The highest BCUT2D eigenvalue weighted by Gasteiger charge is 2.14. The smallest absolute Gasteiger partial charge is 0.338 e. The Morgan fingerprint density at radius 1 is 1.35 bits per heavy atom. The molecule has 104 valence electrons. The van der Waals surface area contributed by atoms with Crippen LogP contribution in [0.5, 0.6) is 5.75 Å². The van der Waals surface area contributed by atoms with E-state index in [-0.39, 0.29) is 17.7 Å². The molecule has 5 heteroatoms. The lowest BCUT2D eigenvalue weighted by Crippen LogP contribution is -2.06. The maximum atomic E-state index is 13.9. The quantitative estimate of drug-likeness (QED) is 0.925. The van der Waals surface area contributed by atoms with E-state index in [1.54, 1.807) is 18.2 Å². The fourth-order valence-corrected chi connectivity index (χ4v) is 1.90. The summed E-state index contributed by atoms with van der Waals surface area (Å²) in [4.78, 5) is 10.8. The molecule has 0 aromatic heterocycles. The standard InChI is InChI=1S/C15H12ClFO3/c1-9-5-6-11(16)7-13(9)20-8-10-3-2-4-12(14(10)17)15(18)19/h2-7H,8H2,1H3,(H,18,19). The van der Waals surface area contributed by atoms with Gasteiger partial charge in [0.2, 0.25) is 0 Å². The molecule has 0 atom stereocenters. The van der Waals surface area contributed by atoms with Gasteiger partial charge in [0.15, 0.2) is 0 Å². The lowest BCUT2D eigenvalue weighted by Gasteiger charge is -2.11. The first kappa shape index (κ1) is 14.3. The highest BCUT2D eigenvalue weighted by Crippen LogP contribution is 2.24. The summed E-state index contributed by atoms with van der Waals surface area (Å²) < 4.78 is 19.4. The first-order valence-electron chi connectivity index (χ1n) is 5.88. The minimum atomic E-state index is -1.30. The SMILES string of the molecule is Cc1ccc(Cl)cc1OCc1cccc(C(=O)O)c1F. The van der Waals surface area contributed by atoms with Crippen molar-refractivity contribution in [3.05, 3.63) is 63.9 Å². The van der Waals surface area contributed by atoms with Crippen molar-refractivity contribution in [2.45, 2.75) is 13.5 Å². The monoisotopic (exact) mass is 294 g/mol. The maximum Gasteiger partial charge on any atom is 0.338 e.